The molecule has 0 aromatic heterocycles. The SMILES string of the molecule is CNC(=O)N(S)S(=O)(=O)c1cc(CCNCC=C(C)C)ccc1OCCOC. The summed E-state index contributed by atoms with van der Waals surface area (Å²) in [7, 11) is -1.35. The number of urea groups is 1. The van der Waals surface area contributed by atoms with Crippen LogP contribution in [0.15, 0.2) is 34.7 Å². The van der Waals surface area contributed by atoms with Crippen LogP contribution >= 0.6 is 12.8 Å². The molecule has 0 bridgehead atoms. The van der Waals surface area contributed by atoms with Crippen molar-refractivity contribution >= 4 is 28.9 Å². The second kappa shape index (κ2) is 11.9. The summed E-state index contributed by atoms with van der Waals surface area (Å²) in [5.74, 6) is 0.140. The third-order valence-corrected chi connectivity index (χ3v) is 6.01. The van der Waals surface area contributed by atoms with Crippen molar-refractivity contribution in [3.05, 3.63) is 35.4 Å². The Hall–Kier alpha value is -1.75. The molecular formula is C18H29N3O5S2. The quantitative estimate of drug-likeness (QED) is 0.282. The van der Waals surface area contributed by atoms with Crippen molar-refractivity contribution in [1.29, 1.82) is 0 Å². The first-order valence-electron chi connectivity index (χ1n) is 8.78. The summed E-state index contributed by atoms with van der Waals surface area (Å²) in [6, 6.07) is 4.03. The Labute approximate surface area is 172 Å². The number of hydrogen-bond acceptors (Lipinski definition) is 7. The standard InChI is InChI=1S/C18H29N3O5S2/c1-14(2)7-9-20-10-8-15-5-6-16(26-12-11-25-4)17(13-15)28(23,24)21(27)18(22)19-3/h5-7,13,20,27H,8-12H2,1-4H3,(H,19,22). The van der Waals surface area contributed by atoms with Crippen molar-refractivity contribution in [3.8, 4) is 5.75 Å². The zero-order chi connectivity index (χ0) is 21.2. The van der Waals surface area contributed by atoms with Gasteiger partial charge in [-0.2, -0.15) is 12.1 Å². The maximum atomic E-state index is 12.8. The molecule has 0 radical (unpaired) electrons. The van der Waals surface area contributed by atoms with Gasteiger partial charge in [-0.15, -0.1) is 0 Å². The molecule has 2 amide bonds. The van der Waals surface area contributed by atoms with Crippen molar-refractivity contribution in [2.24, 2.45) is 0 Å². The second-order valence-electron chi connectivity index (χ2n) is 6.16. The lowest BCUT2D eigenvalue weighted by Gasteiger charge is -2.19. The molecule has 0 aliphatic carbocycles. The van der Waals surface area contributed by atoms with E-state index in [-0.39, 0.29) is 17.3 Å². The molecule has 0 unspecified atom stereocenters. The van der Waals surface area contributed by atoms with Gasteiger partial charge in [0, 0.05) is 20.7 Å². The summed E-state index contributed by atoms with van der Waals surface area (Å²) in [5.41, 5.74) is 2.02. The van der Waals surface area contributed by atoms with Crippen LogP contribution in [0.3, 0.4) is 0 Å². The number of amides is 2. The number of benzene rings is 1. The summed E-state index contributed by atoms with van der Waals surface area (Å²) in [6.07, 6.45) is 2.69. The van der Waals surface area contributed by atoms with Crippen LogP contribution in [0.4, 0.5) is 4.79 Å². The van der Waals surface area contributed by atoms with E-state index in [1.54, 1.807) is 12.1 Å². The van der Waals surface area contributed by atoms with Gasteiger partial charge in [0.15, 0.2) is 0 Å². The Balaban J connectivity index is 3.06. The number of carbonyl (C=O) groups excluding carboxylic acids is 1. The van der Waals surface area contributed by atoms with Crippen molar-refractivity contribution < 1.29 is 22.7 Å². The van der Waals surface area contributed by atoms with Gasteiger partial charge in [-0.05, 0) is 57.3 Å². The zero-order valence-electron chi connectivity index (χ0n) is 16.7. The highest BCUT2D eigenvalue weighted by Crippen LogP contribution is 2.29. The normalized spacial score (nSPS) is 11.0. The Bertz CT molecular complexity index is 777. The molecule has 0 atom stereocenters. The highest BCUT2D eigenvalue weighted by Gasteiger charge is 2.29. The summed E-state index contributed by atoms with van der Waals surface area (Å²) in [4.78, 5) is 11.6. The summed E-state index contributed by atoms with van der Waals surface area (Å²) < 4.78 is 36.5. The van der Waals surface area contributed by atoms with Gasteiger partial charge < -0.3 is 20.1 Å². The van der Waals surface area contributed by atoms with Crippen LogP contribution in [0.5, 0.6) is 5.75 Å². The minimum Gasteiger partial charge on any atom is -0.490 e. The zero-order valence-corrected chi connectivity index (χ0v) is 18.4. The van der Waals surface area contributed by atoms with E-state index in [1.165, 1.54) is 25.8 Å². The molecule has 0 fully saturated rings. The van der Waals surface area contributed by atoms with E-state index in [9.17, 15) is 13.2 Å². The van der Waals surface area contributed by atoms with Gasteiger partial charge in [0.05, 0.1) is 6.61 Å². The van der Waals surface area contributed by atoms with Gasteiger partial charge in [-0.1, -0.05) is 17.7 Å². The molecule has 1 rings (SSSR count). The lowest BCUT2D eigenvalue weighted by atomic mass is 10.1. The maximum Gasteiger partial charge on any atom is 0.341 e. The van der Waals surface area contributed by atoms with E-state index >= 15 is 0 Å². The van der Waals surface area contributed by atoms with Crippen LogP contribution in [-0.2, 0) is 21.2 Å². The van der Waals surface area contributed by atoms with E-state index < -0.39 is 16.1 Å². The maximum absolute atomic E-state index is 12.8. The molecule has 8 nitrogen and oxygen atoms in total. The van der Waals surface area contributed by atoms with Crippen molar-refractivity contribution in [1.82, 2.24) is 14.3 Å². The van der Waals surface area contributed by atoms with Gasteiger partial charge in [0.25, 0.3) is 10.0 Å². The van der Waals surface area contributed by atoms with Crippen LogP contribution in [0.25, 0.3) is 0 Å². The number of sulfonamides is 1. The van der Waals surface area contributed by atoms with Crippen LogP contribution in [-0.4, -0.2) is 58.6 Å². The van der Waals surface area contributed by atoms with E-state index in [0.717, 1.165) is 12.1 Å². The molecule has 0 heterocycles. The van der Waals surface area contributed by atoms with E-state index in [2.05, 4.69) is 29.5 Å². The number of thiol groups is 1. The monoisotopic (exact) mass is 431 g/mol. The molecule has 1 aromatic carbocycles. The van der Waals surface area contributed by atoms with E-state index in [0.29, 0.717) is 23.3 Å². The molecule has 158 valence electrons. The molecule has 1 aromatic rings. The van der Waals surface area contributed by atoms with Crippen molar-refractivity contribution in [2.75, 3.05) is 40.5 Å². The average Bonchev–Trinajstić information content (AvgIpc) is 2.67. The number of nitrogens with one attached hydrogen (secondary N) is 2. The van der Waals surface area contributed by atoms with Gasteiger partial charge in [0.1, 0.15) is 17.3 Å². The summed E-state index contributed by atoms with van der Waals surface area (Å²) in [5, 5.41) is 5.51. The lowest BCUT2D eigenvalue weighted by molar-refractivity contribution is 0.144. The number of carbonyl (C=O) groups is 1. The van der Waals surface area contributed by atoms with Crippen LogP contribution in [0.2, 0.25) is 0 Å². The highest BCUT2D eigenvalue weighted by atomic mass is 32.3. The fourth-order valence-electron chi connectivity index (χ4n) is 2.17. The number of allylic oxidation sites excluding steroid dienone is 1. The second-order valence-corrected chi connectivity index (χ2v) is 8.59. The fourth-order valence-corrected chi connectivity index (χ4v) is 3.71. The Morgan fingerprint density at radius 1 is 1.29 bits per heavy atom. The Morgan fingerprint density at radius 3 is 2.61 bits per heavy atom. The van der Waals surface area contributed by atoms with Crippen LogP contribution in [0, 0.1) is 0 Å². The average molecular weight is 432 g/mol. The van der Waals surface area contributed by atoms with Gasteiger partial charge in [0.2, 0.25) is 0 Å². The molecule has 0 aliphatic heterocycles. The number of methoxy groups -OCH3 is 1. The third-order valence-electron chi connectivity index (χ3n) is 3.69. The highest BCUT2D eigenvalue weighted by molar-refractivity contribution is 8.00. The first-order chi connectivity index (χ1) is 13.2. The first kappa shape index (κ1) is 24.3. The molecule has 0 aliphatic rings. The number of nitrogens with zero attached hydrogens (tertiary/aromatic N) is 1. The smallest absolute Gasteiger partial charge is 0.341 e. The number of hydrogen-bond donors (Lipinski definition) is 3. The molecule has 2 N–H and O–H groups in total. The molecule has 0 saturated carbocycles. The molecule has 0 spiro atoms. The topological polar surface area (TPSA) is 97.0 Å². The summed E-state index contributed by atoms with van der Waals surface area (Å²) >= 11 is 3.84. The van der Waals surface area contributed by atoms with Crippen molar-refractivity contribution in [3.63, 3.8) is 0 Å². The third kappa shape index (κ3) is 7.34. The van der Waals surface area contributed by atoms with E-state index in [4.69, 9.17) is 9.47 Å². The van der Waals surface area contributed by atoms with E-state index in [1.807, 2.05) is 13.8 Å². The summed E-state index contributed by atoms with van der Waals surface area (Å²) in [6.45, 7) is 5.94. The molecular weight excluding hydrogens is 402 g/mol. The molecule has 10 heteroatoms. The van der Waals surface area contributed by atoms with Crippen LogP contribution in [0.1, 0.15) is 19.4 Å². The lowest BCUT2D eigenvalue weighted by Crippen LogP contribution is -2.36. The van der Waals surface area contributed by atoms with Gasteiger partial charge in [-0.3, -0.25) is 0 Å². The first-order valence-corrected chi connectivity index (χ1v) is 10.6. The Morgan fingerprint density at radius 2 is 2.00 bits per heavy atom. The van der Waals surface area contributed by atoms with Crippen molar-refractivity contribution in [2.45, 2.75) is 25.2 Å². The Kier molecular flexibility index (Phi) is 10.4. The molecule has 0 saturated heterocycles. The predicted molar refractivity (Wildman–Crippen MR) is 112 cm³/mol. The van der Waals surface area contributed by atoms with Gasteiger partial charge in [-0.25, -0.2) is 4.79 Å². The molecule has 28 heavy (non-hydrogen) atoms. The fraction of sp³-hybridized carbons (Fsp3) is 0.500. The van der Waals surface area contributed by atoms with Crippen LogP contribution < -0.4 is 15.4 Å². The predicted octanol–water partition coefficient (Wildman–Crippen LogP) is 1.98. The number of ether oxygens (including phenoxy) is 2. The minimum absolute atomic E-state index is 0.121. The minimum atomic E-state index is -4.20. The largest absolute Gasteiger partial charge is 0.490 e. The number of rotatable bonds is 11. The van der Waals surface area contributed by atoms with Gasteiger partial charge >= 0.3 is 6.03 Å².